The number of nitrogens with one attached hydrogen (secondary N) is 1. The first-order valence-electron chi connectivity index (χ1n) is 9.99. The molecule has 3 atom stereocenters. The summed E-state index contributed by atoms with van der Waals surface area (Å²) in [4.78, 5) is 16.7. The number of aliphatic hydroxyl groups is 1. The maximum absolute atomic E-state index is 12.9. The number of amides is 2. The average molecular weight is 415 g/mol. The summed E-state index contributed by atoms with van der Waals surface area (Å²) in [7, 11) is 0. The van der Waals surface area contributed by atoms with Crippen LogP contribution in [0, 0.1) is 11.8 Å². The van der Waals surface area contributed by atoms with Gasteiger partial charge in [-0.3, -0.25) is 4.90 Å². The molecule has 1 aromatic rings. The minimum Gasteiger partial charge on any atom is -0.394 e. The molecule has 2 amide bonds. The molecule has 0 aromatic heterocycles. The Hall–Kier alpha value is -1.84. The minimum absolute atomic E-state index is 0.0891. The zero-order chi connectivity index (χ0) is 21.0. The van der Waals surface area contributed by atoms with Crippen LogP contribution in [0.25, 0.3) is 0 Å². The zero-order valence-electron chi connectivity index (χ0n) is 16.5. The number of likely N-dealkylation sites (tertiary alicyclic amines) is 1. The van der Waals surface area contributed by atoms with Crippen LogP contribution in [0.4, 0.5) is 23.7 Å². The third kappa shape index (κ3) is 5.21. The summed E-state index contributed by atoms with van der Waals surface area (Å²) in [6.45, 7) is 6.10. The van der Waals surface area contributed by atoms with E-state index < -0.39 is 17.8 Å². The molecule has 0 bridgehead atoms. The largest absolute Gasteiger partial charge is 0.416 e. The Morgan fingerprint density at radius 1 is 1.31 bits per heavy atom. The molecule has 3 rings (SSSR count). The van der Waals surface area contributed by atoms with E-state index in [2.05, 4.69) is 17.1 Å². The van der Waals surface area contributed by atoms with E-state index in [1.807, 2.05) is 0 Å². The molecule has 0 radical (unpaired) electrons. The fraction of sp³-hybridized carbons (Fsp3) is 0.650. The number of anilines is 1. The number of carbonyl (C=O) groups is 1. The Morgan fingerprint density at radius 3 is 2.66 bits per heavy atom. The zero-order valence-corrected chi connectivity index (χ0v) is 16.5. The Morgan fingerprint density at radius 2 is 2.03 bits per heavy atom. The van der Waals surface area contributed by atoms with Crippen molar-refractivity contribution in [3.8, 4) is 0 Å². The van der Waals surface area contributed by atoms with E-state index in [0.29, 0.717) is 19.8 Å². The van der Waals surface area contributed by atoms with Gasteiger partial charge in [0.15, 0.2) is 0 Å². The van der Waals surface area contributed by atoms with Gasteiger partial charge in [0.25, 0.3) is 0 Å². The van der Waals surface area contributed by atoms with Gasteiger partial charge in [0.05, 0.1) is 31.4 Å². The first-order chi connectivity index (χ1) is 13.8. The number of halogens is 3. The van der Waals surface area contributed by atoms with Crippen molar-refractivity contribution in [1.82, 2.24) is 9.80 Å². The summed E-state index contributed by atoms with van der Waals surface area (Å²) in [6, 6.07) is 3.74. The molecule has 29 heavy (non-hydrogen) atoms. The first kappa shape index (κ1) is 21.9. The van der Waals surface area contributed by atoms with Crippen molar-refractivity contribution in [3.05, 3.63) is 29.8 Å². The smallest absolute Gasteiger partial charge is 0.394 e. The van der Waals surface area contributed by atoms with Gasteiger partial charge < -0.3 is 20.1 Å². The van der Waals surface area contributed by atoms with Gasteiger partial charge in [-0.05, 0) is 30.0 Å². The molecule has 6 nitrogen and oxygen atoms in total. The number of morpholine rings is 1. The molecule has 2 fully saturated rings. The molecule has 2 heterocycles. The number of aliphatic hydroxyl groups excluding tert-OH is 1. The van der Waals surface area contributed by atoms with Gasteiger partial charge >= 0.3 is 12.2 Å². The van der Waals surface area contributed by atoms with E-state index in [4.69, 9.17) is 4.74 Å². The summed E-state index contributed by atoms with van der Waals surface area (Å²) in [5.74, 6) is 0.331. The number of nitrogens with zero attached hydrogens (tertiary/aromatic N) is 2. The number of hydrogen-bond acceptors (Lipinski definition) is 4. The molecular formula is C20H28F3N3O3. The van der Waals surface area contributed by atoms with Gasteiger partial charge in [0.2, 0.25) is 0 Å². The fourth-order valence-corrected chi connectivity index (χ4v) is 4.29. The van der Waals surface area contributed by atoms with Crippen molar-refractivity contribution in [2.45, 2.75) is 25.6 Å². The number of alkyl halides is 3. The first-order valence-corrected chi connectivity index (χ1v) is 9.99. The lowest BCUT2D eigenvalue weighted by atomic mass is 9.88. The molecule has 0 spiro atoms. The highest BCUT2D eigenvalue weighted by molar-refractivity contribution is 5.90. The average Bonchev–Trinajstić information content (AvgIpc) is 3.06. The number of carbonyl (C=O) groups excluding carboxylic acids is 1. The van der Waals surface area contributed by atoms with Crippen LogP contribution in [0.1, 0.15) is 18.9 Å². The van der Waals surface area contributed by atoms with Gasteiger partial charge in [0.1, 0.15) is 0 Å². The molecule has 1 aromatic carbocycles. The summed E-state index contributed by atoms with van der Waals surface area (Å²) in [5.41, 5.74) is -0.724. The molecule has 0 unspecified atom stereocenters. The normalized spacial score (nSPS) is 26.0. The maximum atomic E-state index is 12.9. The van der Waals surface area contributed by atoms with Crippen LogP contribution < -0.4 is 5.32 Å². The predicted octanol–water partition coefficient (Wildman–Crippen LogP) is 2.89. The second-order valence-corrected chi connectivity index (χ2v) is 7.66. The van der Waals surface area contributed by atoms with Crippen LogP contribution in [0.5, 0.6) is 0 Å². The van der Waals surface area contributed by atoms with Crippen LogP contribution in [0.2, 0.25) is 0 Å². The Labute approximate surface area is 168 Å². The highest BCUT2D eigenvalue weighted by Crippen LogP contribution is 2.34. The van der Waals surface area contributed by atoms with Gasteiger partial charge in [0, 0.05) is 31.9 Å². The molecule has 0 aliphatic carbocycles. The molecule has 2 N–H and O–H groups in total. The van der Waals surface area contributed by atoms with Crippen LogP contribution in [0.15, 0.2) is 24.3 Å². The molecule has 2 aliphatic heterocycles. The Kier molecular flexibility index (Phi) is 7.02. The van der Waals surface area contributed by atoms with Gasteiger partial charge in [-0.2, -0.15) is 13.2 Å². The van der Waals surface area contributed by atoms with E-state index in [-0.39, 0.29) is 30.2 Å². The van der Waals surface area contributed by atoms with Crippen molar-refractivity contribution < 1.29 is 27.8 Å². The van der Waals surface area contributed by atoms with Crippen LogP contribution >= 0.6 is 0 Å². The molecule has 9 heteroatoms. The van der Waals surface area contributed by atoms with Gasteiger partial charge in [-0.1, -0.05) is 19.4 Å². The highest BCUT2D eigenvalue weighted by Gasteiger charge is 2.43. The highest BCUT2D eigenvalue weighted by atomic mass is 19.4. The second kappa shape index (κ2) is 9.32. The van der Waals surface area contributed by atoms with Crippen molar-refractivity contribution in [2.24, 2.45) is 11.8 Å². The number of rotatable bonds is 5. The van der Waals surface area contributed by atoms with E-state index in [1.165, 1.54) is 12.1 Å². The Balaban J connectivity index is 1.71. The molecule has 2 aliphatic rings. The Bertz CT molecular complexity index is 695. The van der Waals surface area contributed by atoms with Gasteiger partial charge in [-0.15, -0.1) is 0 Å². The quantitative estimate of drug-likeness (QED) is 0.776. The van der Waals surface area contributed by atoms with Crippen molar-refractivity contribution in [3.63, 3.8) is 0 Å². The number of hydrogen-bond donors (Lipinski definition) is 2. The van der Waals surface area contributed by atoms with Gasteiger partial charge in [-0.25, -0.2) is 4.79 Å². The monoisotopic (exact) mass is 415 g/mol. The van der Waals surface area contributed by atoms with E-state index in [0.717, 1.165) is 38.2 Å². The SMILES string of the molecule is CC[C@@H]1CN(C(=O)Nc2cccc(C(F)(F)F)c2)[C@H](CO)[C@@H]1CN1CCOCC1. The molecular weight excluding hydrogens is 387 g/mol. The standard InChI is InChI=1S/C20H28F3N3O3/c1-2-14-11-26(18(13-27)17(14)12-25-6-8-29-9-7-25)19(28)24-16-5-3-4-15(10-16)20(21,22)23/h3-5,10,14,17-18,27H,2,6-9,11-13H2,1H3,(H,24,28)/t14-,17-,18-/m1/s1. The molecule has 0 saturated carbocycles. The van der Waals surface area contributed by atoms with Crippen LogP contribution in [-0.4, -0.2) is 73.0 Å². The third-order valence-electron chi connectivity index (χ3n) is 5.92. The van der Waals surface area contributed by atoms with E-state index in [1.54, 1.807) is 4.90 Å². The molecule has 2 saturated heterocycles. The number of benzene rings is 1. The molecule has 162 valence electrons. The lowest BCUT2D eigenvalue weighted by molar-refractivity contribution is -0.137. The number of ether oxygens (including phenoxy) is 1. The predicted molar refractivity (Wildman–Crippen MR) is 103 cm³/mol. The lowest BCUT2D eigenvalue weighted by Gasteiger charge is -2.33. The van der Waals surface area contributed by atoms with E-state index in [9.17, 15) is 23.1 Å². The summed E-state index contributed by atoms with van der Waals surface area (Å²) >= 11 is 0. The lowest BCUT2D eigenvalue weighted by Crippen LogP contribution is -2.47. The topological polar surface area (TPSA) is 65.0 Å². The van der Waals surface area contributed by atoms with E-state index >= 15 is 0 Å². The maximum Gasteiger partial charge on any atom is 0.416 e. The van der Waals surface area contributed by atoms with Crippen LogP contribution in [-0.2, 0) is 10.9 Å². The summed E-state index contributed by atoms with van der Waals surface area (Å²) < 4.78 is 44.2. The second-order valence-electron chi connectivity index (χ2n) is 7.66. The fourth-order valence-electron chi connectivity index (χ4n) is 4.29. The van der Waals surface area contributed by atoms with Crippen molar-refractivity contribution in [1.29, 1.82) is 0 Å². The number of urea groups is 1. The van der Waals surface area contributed by atoms with Crippen molar-refractivity contribution in [2.75, 3.05) is 51.3 Å². The van der Waals surface area contributed by atoms with Crippen molar-refractivity contribution >= 4 is 11.7 Å². The third-order valence-corrected chi connectivity index (χ3v) is 5.92. The summed E-state index contributed by atoms with van der Waals surface area (Å²) in [6.07, 6.45) is -3.61. The van der Waals surface area contributed by atoms with Crippen LogP contribution in [0.3, 0.4) is 0 Å². The summed E-state index contributed by atoms with van der Waals surface area (Å²) in [5, 5.41) is 12.6. The minimum atomic E-state index is -4.47.